The van der Waals surface area contributed by atoms with Crippen LogP contribution < -0.4 is 20.1 Å². The van der Waals surface area contributed by atoms with Crippen LogP contribution in [-0.2, 0) is 0 Å². The molecule has 2 N–H and O–H groups in total. The monoisotopic (exact) mass is 449 g/mol. The molecule has 1 aliphatic carbocycles. The minimum Gasteiger partial charge on any atom is -0.497 e. The molecule has 1 spiro atoms. The summed E-state index contributed by atoms with van der Waals surface area (Å²) < 4.78 is 10.7. The van der Waals surface area contributed by atoms with Crippen LogP contribution in [0.1, 0.15) is 48.9 Å². The first-order chi connectivity index (χ1) is 16.1. The van der Waals surface area contributed by atoms with Crippen molar-refractivity contribution >= 4 is 23.2 Å². The smallest absolute Gasteiger partial charge is 0.257 e. The van der Waals surface area contributed by atoms with Gasteiger partial charge in [0.25, 0.3) is 5.91 Å². The van der Waals surface area contributed by atoms with Gasteiger partial charge in [0.1, 0.15) is 17.3 Å². The Morgan fingerprint density at radius 2 is 1.94 bits per heavy atom. The van der Waals surface area contributed by atoms with Gasteiger partial charge in [0.15, 0.2) is 5.82 Å². The number of pyridine rings is 1. The van der Waals surface area contributed by atoms with Crippen molar-refractivity contribution in [3.63, 3.8) is 0 Å². The van der Waals surface area contributed by atoms with Crippen molar-refractivity contribution in [3.8, 4) is 11.5 Å². The van der Waals surface area contributed by atoms with Crippen LogP contribution in [0.2, 0.25) is 0 Å². The predicted octanol–water partition coefficient (Wildman–Crippen LogP) is 3.95. The number of amides is 1. The quantitative estimate of drug-likeness (QED) is 0.735. The molecule has 2 fully saturated rings. The van der Waals surface area contributed by atoms with E-state index in [1.807, 2.05) is 17.0 Å². The van der Waals surface area contributed by atoms with E-state index >= 15 is 0 Å². The Bertz CT molecular complexity index is 1060. The Morgan fingerprint density at radius 3 is 2.67 bits per heavy atom. The number of hydrogen-bond acceptors (Lipinski definition) is 6. The molecule has 1 amide bonds. The molecular formula is C25H31N5O3. The maximum absolute atomic E-state index is 13.3. The first kappa shape index (κ1) is 21.6. The van der Waals surface area contributed by atoms with E-state index in [0.717, 1.165) is 43.0 Å². The van der Waals surface area contributed by atoms with E-state index in [9.17, 15) is 4.79 Å². The normalized spacial score (nSPS) is 20.8. The molecule has 0 radical (unpaired) electrons. The molecule has 5 rings (SSSR count). The third kappa shape index (κ3) is 4.10. The van der Waals surface area contributed by atoms with Crippen molar-refractivity contribution in [3.05, 3.63) is 42.1 Å². The van der Waals surface area contributed by atoms with Gasteiger partial charge in [-0.15, -0.1) is 0 Å². The highest BCUT2D eigenvalue weighted by Gasteiger charge is 2.44. The molecule has 1 saturated heterocycles. The Kier molecular flexibility index (Phi) is 5.83. The zero-order valence-corrected chi connectivity index (χ0v) is 19.3. The predicted molar refractivity (Wildman–Crippen MR) is 129 cm³/mol. The van der Waals surface area contributed by atoms with E-state index < -0.39 is 0 Å². The minimum absolute atomic E-state index is 0.0236. The van der Waals surface area contributed by atoms with Crippen LogP contribution in [0.15, 0.2) is 41.5 Å². The summed E-state index contributed by atoms with van der Waals surface area (Å²) in [4.78, 5) is 24.9. The van der Waals surface area contributed by atoms with Crippen LogP contribution in [-0.4, -0.2) is 60.5 Å². The lowest BCUT2D eigenvalue weighted by Crippen LogP contribution is -2.59. The highest BCUT2D eigenvalue weighted by atomic mass is 16.5. The fourth-order valence-corrected chi connectivity index (χ4v) is 5.13. The maximum Gasteiger partial charge on any atom is 0.257 e. The number of piperidine rings is 1. The van der Waals surface area contributed by atoms with Gasteiger partial charge in [0.2, 0.25) is 0 Å². The van der Waals surface area contributed by atoms with Crippen molar-refractivity contribution in [1.29, 1.82) is 0 Å². The minimum atomic E-state index is -0.320. The number of aliphatic imine (C=N–C) groups is 1. The number of amidine groups is 1. The van der Waals surface area contributed by atoms with Gasteiger partial charge in [-0.1, -0.05) is 12.8 Å². The number of hydrogen-bond donors (Lipinski definition) is 2. The number of nitrogens with one attached hydrogen (secondary N) is 2. The van der Waals surface area contributed by atoms with E-state index in [1.165, 1.54) is 12.8 Å². The van der Waals surface area contributed by atoms with Gasteiger partial charge in [-0.2, -0.15) is 0 Å². The molecule has 33 heavy (non-hydrogen) atoms. The molecule has 3 heterocycles. The Labute approximate surface area is 194 Å². The molecule has 8 heteroatoms. The molecule has 2 aliphatic heterocycles. The number of benzene rings is 1. The number of aromatic nitrogens is 1. The van der Waals surface area contributed by atoms with Gasteiger partial charge in [0, 0.05) is 25.4 Å². The van der Waals surface area contributed by atoms with E-state index in [1.54, 1.807) is 38.6 Å². The fraction of sp³-hybridized carbons (Fsp3) is 0.480. The van der Waals surface area contributed by atoms with E-state index in [-0.39, 0.29) is 11.4 Å². The Morgan fingerprint density at radius 1 is 1.15 bits per heavy atom. The molecular weight excluding hydrogens is 418 g/mol. The molecule has 174 valence electrons. The van der Waals surface area contributed by atoms with Crippen LogP contribution in [0.25, 0.3) is 0 Å². The number of fused-ring (bicyclic) bond motifs is 1. The molecule has 0 atom stereocenters. The third-order valence-electron chi connectivity index (χ3n) is 7.05. The number of carbonyl (C=O) groups excluding carboxylic acids is 1. The van der Waals surface area contributed by atoms with Gasteiger partial charge in [0.05, 0.1) is 37.1 Å². The summed E-state index contributed by atoms with van der Waals surface area (Å²) in [5, 5.41) is 7.27. The Balaban J connectivity index is 1.38. The summed E-state index contributed by atoms with van der Waals surface area (Å²) in [7, 11) is 3.18. The second-order valence-corrected chi connectivity index (χ2v) is 9.01. The standard InChI is InChI=1S/C25H31N5O3/c1-32-18-9-10-19(21(16-18)33-2)23(31)30-14-11-25(12-15-30)24(27-17-6-3-4-7-17)28-22-20(29-25)8-5-13-26-22/h5,8-10,13,16-17,29H,3-4,6-7,11-12,14-15H2,1-2H3,(H,26,27,28). The van der Waals surface area contributed by atoms with Gasteiger partial charge >= 0.3 is 0 Å². The largest absolute Gasteiger partial charge is 0.497 e. The lowest BCUT2D eigenvalue weighted by molar-refractivity contribution is 0.0701. The van der Waals surface area contributed by atoms with Gasteiger partial charge in [-0.05, 0) is 49.9 Å². The van der Waals surface area contributed by atoms with E-state index in [4.69, 9.17) is 14.5 Å². The average Bonchev–Trinajstić information content (AvgIpc) is 3.37. The number of likely N-dealkylation sites (tertiary alicyclic amines) is 1. The number of methoxy groups -OCH3 is 2. The van der Waals surface area contributed by atoms with Crippen LogP contribution >= 0.6 is 0 Å². The summed E-state index contributed by atoms with van der Waals surface area (Å²) in [5.41, 5.74) is 1.22. The van der Waals surface area contributed by atoms with Crippen LogP contribution in [0.4, 0.5) is 11.5 Å². The summed E-state index contributed by atoms with van der Waals surface area (Å²) >= 11 is 0. The first-order valence-corrected chi connectivity index (χ1v) is 11.7. The van der Waals surface area contributed by atoms with Crippen molar-refractivity contribution < 1.29 is 14.3 Å². The number of ether oxygens (including phenoxy) is 2. The van der Waals surface area contributed by atoms with Crippen LogP contribution in [0.3, 0.4) is 0 Å². The molecule has 2 aromatic rings. The van der Waals surface area contributed by atoms with E-state index in [2.05, 4.69) is 15.6 Å². The summed E-state index contributed by atoms with van der Waals surface area (Å²) in [5.74, 6) is 2.96. The highest BCUT2D eigenvalue weighted by molar-refractivity contribution is 6.09. The zero-order chi connectivity index (χ0) is 22.8. The van der Waals surface area contributed by atoms with Crippen molar-refractivity contribution in [2.75, 3.05) is 37.9 Å². The zero-order valence-electron chi connectivity index (χ0n) is 19.3. The van der Waals surface area contributed by atoms with Gasteiger partial charge < -0.3 is 25.0 Å². The van der Waals surface area contributed by atoms with Crippen molar-refractivity contribution in [2.45, 2.75) is 50.1 Å². The number of nitrogens with zero attached hydrogens (tertiary/aromatic N) is 3. The SMILES string of the molecule is COc1ccc(C(=O)N2CCC3(CC2)Nc2cccnc2NC3=NC2CCCC2)c(OC)c1. The molecule has 1 saturated carbocycles. The third-order valence-corrected chi connectivity index (χ3v) is 7.05. The molecule has 1 aromatic carbocycles. The second kappa shape index (κ2) is 8.92. The molecule has 0 unspecified atom stereocenters. The lowest BCUT2D eigenvalue weighted by atomic mass is 9.83. The molecule has 3 aliphatic rings. The van der Waals surface area contributed by atoms with Crippen LogP contribution in [0.5, 0.6) is 11.5 Å². The number of carbonyl (C=O) groups is 1. The summed E-state index contributed by atoms with van der Waals surface area (Å²) in [6.45, 7) is 1.25. The first-order valence-electron chi connectivity index (χ1n) is 11.7. The topological polar surface area (TPSA) is 88.1 Å². The van der Waals surface area contributed by atoms with Crippen molar-refractivity contribution in [2.24, 2.45) is 4.99 Å². The lowest BCUT2D eigenvalue weighted by Gasteiger charge is -2.46. The Hall–Kier alpha value is -3.29. The summed E-state index contributed by atoms with van der Waals surface area (Å²) in [6.07, 6.45) is 8.08. The molecule has 1 aromatic heterocycles. The molecule has 0 bridgehead atoms. The van der Waals surface area contributed by atoms with E-state index in [0.29, 0.717) is 36.2 Å². The second-order valence-electron chi connectivity index (χ2n) is 9.01. The van der Waals surface area contributed by atoms with Crippen LogP contribution in [0, 0.1) is 0 Å². The van der Waals surface area contributed by atoms with Crippen molar-refractivity contribution in [1.82, 2.24) is 9.88 Å². The number of anilines is 2. The van der Waals surface area contributed by atoms with Gasteiger partial charge in [-0.3, -0.25) is 9.79 Å². The fourth-order valence-electron chi connectivity index (χ4n) is 5.13. The average molecular weight is 450 g/mol. The highest BCUT2D eigenvalue weighted by Crippen LogP contribution is 2.37. The molecule has 8 nitrogen and oxygen atoms in total. The maximum atomic E-state index is 13.3. The van der Waals surface area contributed by atoms with Gasteiger partial charge in [-0.25, -0.2) is 4.98 Å². The summed E-state index contributed by atoms with van der Waals surface area (Å²) in [6, 6.07) is 9.67. The number of rotatable bonds is 4.